The minimum atomic E-state index is -0.524. The van der Waals surface area contributed by atoms with E-state index in [0.717, 1.165) is 17.7 Å². The van der Waals surface area contributed by atoms with Crippen molar-refractivity contribution in [2.24, 2.45) is 5.73 Å². The number of nitrogen functional groups attached to an aromatic ring is 1. The highest BCUT2D eigenvalue weighted by molar-refractivity contribution is 6.00. The fourth-order valence-electron chi connectivity index (χ4n) is 2.10. The average Bonchev–Trinajstić information content (AvgIpc) is 2.49. The van der Waals surface area contributed by atoms with Crippen LogP contribution in [0.3, 0.4) is 0 Å². The van der Waals surface area contributed by atoms with Gasteiger partial charge in [0.05, 0.1) is 24.0 Å². The third-order valence-corrected chi connectivity index (χ3v) is 3.23. The van der Waals surface area contributed by atoms with Crippen molar-refractivity contribution in [1.29, 1.82) is 0 Å². The minimum Gasteiger partial charge on any atom is -0.497 e. The van der Waals surface area contributed by atoms with Crippen LogP contribution in [0.5, 0.6) is 5.75 Å². The van der Waals surface area contributed by atoms with Gasteiger partial charge in [0.25, 0.3) is 5.91 Å². The van der Waals surface area contributed by atoms with Crippen LogP contribution in [0.2, 0.25) is 0 Å². The lowest BCUT2D eigenvalue weighted by Crippen LogP contribution is -2.15. The molecule has 0 aliphatic heterocycles. The van der Waals surface area contributed by atoms with Crippen molar-refractivity contribution < 1.29 is 9.53 Å². The number of para-hydroxylation sites is 1. The van der Waals surface area contributed by atoms with Crippen LogP contribution in [0.25, 0.3) is 0 Å². The van der Waals surface area contributed by atoms with E-state index in [0.29, 0.717) is 23.5 Å². The molecular formula is C16H19N3O2. The van der Waals surface area contributed by atoms with E-state index in [2.05, 4.69) is 5.32 Å². The van der Waals surface area contributed by atoms with Crippen molar-refractivity contribution in [2.75, 3.05) is 24.7 Å². The second-order valence-electron chi connectivity index (χ2n) is 4.66. The summed E-state index contributed by atoms with van der Waals surface area (Å²) < 4.78 is 5.19. The van der Waals surface area contributed by atoms with Gasteiger partial charge in [0.1, 0.15) is 5.75 Å². The number of rotatable bonds is 6. The first-order valence-electron chi connectivity index (χ1n) is 6.67. The van der Waals surface area contributed by atoms with Crippen LogP contribution in [0, 0.1) is 0 Å². The number of ether oxygens (including phenoxy) is 1. The number of nitrogens with two attached hydrogens (primary N) is 2. The molecule has 2 aromatic carbocycles. The van der Waals surface area contributed by atoms with E-state index in [1.165, 1.54) is 0 Å². The largest absolute Gasteiger partial charge is 0.497 e. The molecule has 0 radical (unpaired) electrons. The van der Waals surface area contributed by atoms with Crippen molar-refractivity contribution in [3.05, 3.63) is 53.6 Å². The maximum absolute atomic E-state index is 11.2. The molecule has 0 bridgehead atoms. The lowest BCUT2D eigenvalue weighted by Gasteiger charge is -2.11. The van der Waals surface area contributed by atoms with Crippen LogP contribution in [0.1, 0.15) is 15.9 Å². The molecule has 0 unspecified atom stereocenters. The summed E-state index contributed by atoms with van der Waals surface area (Å²) in [6, 6.07) is 13.1. The van der Waals surface area contributed by atoms with Crippen molar-refractivity contribution in [1.82, 2.24) is 0 Å². The highest BCUT2D eigenvalue weighted by Crippen LogP contribution is 2.22. The fourth-order valence-corrected chi connectivity index (χ4v) is 2.10. The van der Waals surface area contributed by atoms with E-state index in [-0.39, 0.29) is 0 Å². The number of hydrogen-bond acceptors (Lipinski definition) is 4. The van der Waals surface area contributed by atoms with E-state index in [1.54, 1.807) is 19.2 Å². The van der Waals surface area contributed by atoms with E-state index < -0.39 is 5.91 Å². The molecule has 1 amide bonds. The first-order chi connectivity index (χ1) is 10.1. The van der Waals surface area contributed by atoms with Crippen LogP contribution < -0.4 is 21.5 Å². The number of hydrogen-bond donors (Lipinski definition) is 3. The Morgan fingerprint density at radius 3 is 2.71 bits per heavy atom. The fraction of sp³-hybridized carbons (Fsp3) is 0.188. The minimum absolute atomic E-state index is 0.335. The summed E-state index contributed by atoms with van der Waals surface area (Å²) in [7, 11) is 1.65. The monoisotopic (exact) mass is 285 g/mol. The van der Waals surface area contributed by atoms with Crippen LogP contribution in [-0.2, 0) is 6.42 Å². The second kappa shape index (κ2) is 6.65. The van der Waals surface area contributed by atoms with Gasteiger partial charge in [-0.05, 0) is 36.2 Å². The van der Waals surface area contributed by atoms with Gasteiger partial charge < -0.3 is 21.5 Å². The van der Waals surface area contributed by atoms with Crippen LogP contribution >= 0.6 is 0 Å². The predicted octanol–water partition coefficient (Wildman–Crippen LogP) is 2.03. The molecule has 2 rings (SSSR count). The first kappa shape index (κ1) is 14.7. The Kier molecular flexibility index (Phi) is 4.66. The third-order valence-electron chi connectivity index (χ3n) is 3.23. The number of anilines is 2. The van der Waals surface area contributed by atoms with Crippen LogP contribution in [0.15, 0.2) is 42.5 Å². The normalized spacial score (nSPS) is 10.1. The average molecular weight is 285 g/mol. The van der Waals surface area contributed by atoms with Gasteiger partial charge in [-0.3, -0.25) is 4.79 Å². The van der Waals surface area contributed by atoms with Gasteiger partial charge in [0.2, 0.25) is 0 Å². The molecule has 0 spiro atoms. The smallest absolute Gasteiger partial charge is 0.250 e. The quantitative estimate of drug-likeness (QED) is 0.708. The molecule has 0 atom stereocenters. The predicted molar refractivity (Wildman–Crippen MR) is 84.6 cm³/mol. The summed E-state index contributed by atoms with van der Waals surface area (Å²) in [5.41, 5.74) is 13.8. The second-order valence-corrected chi connectivity index (χ2v) is 4.66. The zero-order chi connectivity index (χ0) is 15.2. The van der Waals surface area contributed by atoms with Crippen LogP contribution in [-0.4, -0.2) is 19.6 Å². The topological polar surface area (TPSA) is 90.4 Å². The maximum atomic E-state index is 11.2. The van der Waals surface area contributed by atoms with Crippen molar-refractivity contribution in [3.8, 4) is 5.75 Å². The zero-order valence-corrected chi connectivity index (χ0v) is 11.9. The van der Waals surface area contributed by atoms with Gasteiger partial charge in [0, 0.05) is 6.54 Å². The van der Waals surface area contributed by atoms with Gasteiger partial charge in [-0.15, -0.1) is 0 Å². The molecule has 110 valence electrons. The molecular weight excluding hydrogens is 266 g/mol. The van der Waals surface area contributed by atoms with Crippen molar-refractivity contribution >= 4 is 17.3 Å². The Hall–Kier alpha value is -2.69. The molecule has 0 saturated carbocycles. The van der Waals surface area contributed by atoms with E-state index in [9.17, 15) is 4.79 Å². The molecule has 0 aliphatic carbocycles. The molecule has 0 aliphatic rings. The molecule has 5 heteroatoms. The molecule has 2 aromatic rings. The van der Waals surface area contributed by atoms with Gasteiger partial charge >= 0.3 is 0 Å². The van der Waals surface area contributed by atoms with Crippen molar-refractivity contribution in [2.45, 2.75) is 6.42 Å². The van der Waals surface area contributed by atoms with E-state index in [1.807, 2.05) is 30.3 Å². The molecule has 5 nitrogen and oxygen atoms in total. The maximum Gasteiger partial charge on any atom is 0.250 e. The number of benzene rings is 2. The van der Waals surface area contributed by atoms with Gasteiger partial charge in [-0.1, -0.05) is 18.2 Å². The highest BCUT2D eigenvalue weighted by Gasteiger charge is 2.08. The molecule has 0 saturated heterocycles. The Morgan fingerprint density at radius 1 is 1.24 bits per heavy atom. The Bertz CT molecular complexity index is 641. The Morgan fingerprint density at radius 2 is 2.00 bits per heavy atom. The number of primary amides is 1. The Labute approximate surface area is 123 Å². The molecule has 21 heavy (non-hydrogen) atoms. The van der Waals surface area contributed by atoms with Gasteiger partial charge in [-0.25, -0.2) is 0 Å². The molecule has 0 aromatic heterocycles. The molecule has 0 fully saturated rings. The molecule has 0 heterocycles. The summed E-state index contributed by atoms with van der Waals surface area (Å²) in [6.45, 7) is 0.694. The number of amides is 1. The molecule has 5 N–H and O–H groups in total. The number of carbonyl (C=O) groups excluding carboxylic acids is 1. The SMILES string of the molecule is COc1cccc(CCNc2cccc(C(N)=O)c2N)c1. The summed E-state index contributed by atoms with van der Waals surface area (Å²) in [6.07, 6.45) is 0.817. The van der Waals surface area contributed by atoms with Crippen molar-refractivity contribution in [3.63, 3.8) is 0 Å². The standard InChI is InChI=1S/C16H19N3O2/c1-21-12-5-2-4-11(10-12)8-9-19-14-7-3-6-13(15(14)17)16(18)20/h2-7,10,19H,8-9,17H2,1H3,(H2,18,20). The lowest BCUT2D eigenvalue weighted by molar-refractivity contribution is 0.100. The van der Waals surface area contributed by atoms with Gasteiger partial charge in [0.15, 0.2) is 0 Å². The van der Waals surface area contributed by atoms with E-state index >= 15 is 0 Å². The van der Waals surface area contributed by atoms with Gasteiger partial charge in [-0.2, -0.15) is 0 Å². The number of methoxy groups -OCH3 is 1. The zero-order valence-electron chi connectivity index (χ0n) is 11.9. The highest BCUT2D eigenvalue weighted by atomic mass is 16.5. The first-order valence-corrected chi connectivity index (χ1v) is 6.67. The van der Waals surface area contributed by atoms with E-state index in [4.69, 9.17) is 16.2 Å². The summed E-state index contributed by atoms with van der Waals surface area (Å²) in [4.78, 5) is 11.2. The summed E-state index contributed by atoms with van der Waals surface area (Å²) in [5.74, 6) is 0.312. The third kappa shape index (κ3) is 3.66. The Balaban J connectivity index is 2.00. The summed E-state index contributed by atoms with van der Waals surface area (Å²) in [5, 5.41) is 3.22. The summed E-state index contributed by atoms with van der Waals surface area (Å²) >= 11 is 0. The number of carbonyl (C=O) groups is 1. The number of nitrogens with one attached hydrogen (secondary N) is 1. The van der Waals surface area contributed by atoms with Crippen LogP contribution in [0.4, 0.5) is 11.4 Å². The lowest BCUT2D eigenvalue weighted by atomic mass is 10.1.